The normalized spacial score (nSPS) is 12.5. The van der Waals surface area contributed by atoms with Gasteiger partial charge in [-0.25, -0.2) is 0 Å². The summed E-state index contributed by atoms with van der Waals surface area (Å²) in [6, 6.07) is 8.27. The van der Waals surface area contributed by atoms with E-state index in [2.05, 4.69) is 31.3 Å². The van der Waals surface area contributed by atoms with Gasteiger partial charge in [0.25, 0.3) is 0 Å². The van der Waals surface area contributed by atoms with Crippen molar-refractivity contribution in [2.45, 2.75) is 33.1 Å². The van der Waals surface area contributed by atoms with Gasteiger partial charge in [0.2, 0.25) is 0 Å². The van der Waals surface area contributed by atoms with Crippen molar-refractivity contribution in [1.29, 1.82) is 0 Å². The molecule has 106 valence electrons. The van der Waals surface area contributed by atoms with E-state index in [4.69, 9.17) is 4.74 Å². The molecular weight excluding hydrogens is 238 g/mol. The molecule has 0 bridgehead atoms. The molecule has 0 aliphatic heterocycles. The zero-order chi connectivity index (χ0) is 14.3. The number of esters is 1. The predicted octanol–water partition coefficient (Wildman–Crippen LogP) is 2.75. The Morgan fingerprint density at radius 1 is 1.21 bits per heavy atom. The van der Waals surface area contributed by atoms with Crippen LogP contribution in [0.25, 0.3) is 0 Å². The summed E-state index contributed by atoms with van der Waals surface area (Å²) in [6.45, 7) is 7.40. The predicted molar refractivity (Wildman–Crippen MR) is 78.3 cm³/mol. The lowest BCUT2D eigenvalue weighted by atomic mass is 9.97. The smallest absolute Gasteiger partial charge is 0.313 e. The van der Waals surface area contributed by atoms with Crippen LogP contribution in [0.5, 0.6) is 0 Å². The molecule has 1 atom stereocenters. The molecule has 1 aromatic carbocycles. The van der Waals surface area contributed by atoms with Gasteiger partial charge < -0.3 is 10.1 Å². The van der Waals surface area contributed by atoms with Crippen LogP contribution in [0.2, 0.25) is 0 Å². The van der Waals surface area contributed by atoms with Crippen molar-refractivity contribution < 1.29 is 9.53 Å². The lowest BCUT2D eigenvalue weighted by Gasteiger charge is -2.13. The van der Waals surface area contributed by atoms with Gasteiger partial charge in [-0.3, -0.25) is 4.79 Å². The molecule has 0 aliphatic carbocycles. The van der Waals surface area contributed by atoms with Gasteiger partial charge in [0, 0.05) is 6.54 Å². The molecule has 0 radical (unpaired) electrons. The highest BCUT2D eigenvalue weighted by Gasteiger charge is 2.16. The minimum atomic E-state index is -0.204. The number of nitrogens with one attached hydrogen (secondary N) is 1. The van der Waals surface area contributed by atoms with Crippen molar-refractivity contribution in [2.75, 3.05) is 20.2 Å². The maximum Gasteiger partial charge on any atom is 0.313 e. The van der Waals surface area contributed by atoms with E-state index in [1.54, 1.807) is 0 Å². The van der Waals surface area contributed by atoms with Crippen LogP contribution in [0.3, 0.4) is 0 Å². The Hall–Kier alpha value is -1.35. The standard InChI is InChI=1S/C16H25NO2/c1-12(2)11-14-5-7-15(8-6-14)13(3)16(18)19-10-9-17-4/h5-8,12-13,17H,9-11H2,1-4H3. The molecule has 1 N–H and O–H groups in total. The first kappa shape index (κ1) is 15.7. The first-order chi connectivity index (χ1) is 9.04. The number of likely N-dealkylation sites (N-methyl/N-ethyl adjacent to an activating group) is 1. The average Bonchev–Trinajstić information content (AvgIpc) is 2.38. The second-order valence-corrected chi connectivity index (χ2v) is 5.33. The van der Waals surface area contributed by atoms with Crippen LogP contribution in [0, 0.1) is 5.92 Å². The molecule has 0 saturated carbocycles. The Bertz CT molecular complexity index is 384. The van der Waals surface area contributed by atoms with Crippen LogP contribution in [-0.2, 0) is 16.0 Å². The van der Waals surface area contributed by atoms with Gasteiger partial charge in [-0.15, -0.1) is 0 Å². The number of benzene rings is 1. The van der Waals surface area contributed by atoms with E-state index < -0.39 is 0 Å². The molecule has 0 fully saturated rings. The van der Waals surface area contributed by atoms with Gasteiger partial charge in [-0.05, 0) is 37.4 Å². The van der Waals surface area contributed by atoms with Gasteiger partial charge in [0.15, 0.2) is 0 Å². The number of hydrogen-bond acceptors (Lipinski definition) is 3. The van der Waals surface area contributed by atoms with E-state index in [9.17, 15) is 4.79 Å². The van der Waals surface area contributed by atoms with E-state index in [-0.39, 0.29) is 11.9 Å². The Morgan fingerprint density at radius 2 is 1.84 bits per heavy atom. The summed E-state index contributed by atoms with van der Waals surface area (Å²) in [4.78, 5) is 11.8. The average molecular weight is 263 g/mol. The molecule has 1 rings (SSSR count). The zero-order valence-corrected chi connectivity index (χ0v) is 12.4. The Labute approximate surface area is 116 Å². The third kappa shape index (κ3) is 5.43. The third-order valence-corrected chi connectivity index (χ3v) is 3.07. The fraction of sp³-hybridized carbons (Fsp3) is 0.562. The number of rotatable bonds is 7. The molecule has 1 unspecified atom stereocenters. The summed E-state index contributed by atoms with van der Waals surface area (Å²) in [6.07, 6.45) is 1.07. The van der Waals surface area contributed by atoms with Crippen LogP contribution in [0.15, 0.2) is 24.3 Å². The second-order valence-electron chi connectivity index (χ2n) is 5.33. The Balaban J connectivity index is 2.56. The lowest BCUT2D eigenvalue weighted by molar-refractivity contribution is -0.144. The number of carbonyl (C=O) groups excluding carboxylic acids is 1. The van der Waals surface area contributed by atoms with Crippen molar-refractivity contribution >= 4 is 5.97 Å². The summed E-state index contributed by atoms with van der Waals surface area (Å²) in [5, 5.41) is 2.95. The van der Waals surface area contributed by atoms with Crippen LogP contribution >= 0.6 is 0 Å². The summed E-state index contributed by atoms with van der Waals surface area (Å²) < 4.78 is 5.19. The summed E-state index contributed by atoms with van der Waals surface area (Å²) in [5.41, 5.74) is 2.33. The first-order valence-electron chi connectivity index (χ1n) is 6.94. The molecular formula is C16H25NO2. The minimum Gasteiger partial charge on any atom is -0.464 e. The maximum absolute atomic E-state index is 11.8. The number of carbonyl (C=O) groups is 1. The highest BCUT2D eigenvalue weighted by Crippen LogP contribution is 2.18. The molecule has 0 aromatic heterocycles. The van der Waals surface area contributed by atoms with Crippen molar-refractivity contribution in [3.63, 3.8) is 0 Å². The van der Waals surface area contributed by atoms with Crippen molar-refractivity contribution in [3.8, 4) is 0 Å². The fourth-order valence-electron chi connectivity index (χ4n) is 1.93. The minimum absolute atomic E-state index is 0.160. The van der Waals surface area contributed by atoms with Crippen molar-refractivity contribution in [3.05, 3.63) is 35.4 Å². The Kier molecular flexibility index (Phi) is 6.57. The van der Waals surface area contributed by atoms with E-state index in [0.29, 0.717) is 19.1 Å². The molecule has 19 heavy (non-hydrogen) atoms. The zero-order valence-electron chi connectivity index (χ0n) is 12.4. The highest BCUT2D eigenvalue weighted by molar-refractivity contribution is 5.77. The third-order valence-electron chi connectivity index (χ3n) is 3.07. The fourth-order valence-corrected chi connectivity index (χ4v) is 1.93. The van der Waals surface area contributed by atoms with Gasteiger partial charge in [0.05, 0.1) is 5.92 Å². The number of hydrogen-bond donors (Lipinski definition) is 1. The van der Waals surface area contributed by atoms with E-state index in [1.807, 2.05) is 26.1 Å². The van der Waals surface area contributed by atoms with Crippen LogP contribution in [-0.4, -0.2) is 26.2 Å². The lowest BCUT2D eigenvalue weighted by Crippen LogP contribution is -2.20. The van der Waals surface area contributed by atoms with Gasteiger partial charge in [0.1, 0.15) is 6.61 Å². The monoisotopic (exact) mass is 263 g/mol. The topological polar surface area (TPSA) is 38.3 Å². The Morgan fingerprint density at radius 3 is 2.37 bits per heavy atom. The molecule has 0 heterocycles. The van der Waals surface area contributed by atoms with Crippen molar-refractivity contribution in [1.82, 2.24) is 5.32 Å². The highest BCUT2D eigenvalue weighted by atomic mass is 16.5. The molecule has 1 aromatic rings. The molecule has 0 spiro atoms. The van der Waals surface area contributed by atoms with Crippen LogP contribution in [0.4, 0.5) is 0 Å². The van der Waals surface area contributed by atoms with E-state index >= 15 is 0 Å². The first-order valence-corrected chi connectivity index (χ1v) is 6.94. The second kappa shape index (κ2) is 7.95. The van der Waals surface area contributed by atoms with Crippen LogP contribution < -0.4 is 5.32 Å². The van der Waals surface area contributed by atoms with E-state index in [1.165, 1.54) is 5.56 Å². The van der Waals surface area contributed by atoms with Crippen LogP contribution in [0.1, 0.15) is 37.8 Å². The van der Waals surface area contributed by atoms with Gasteiger partial charge in [-0.1, -0.05) is 38.1 Å². The quantitative estimate of drug-likeness (QED) is 0.607. The number of ether oxygens (including phenoxy) is 1. The largest absolute Gasteiger partial charge is 0.464 e. The molecule has 0 aliphatic rings. The van der Waals surface area contributed by atoms with Crippen molar-refractivity contribution in [2.24, 2.45) is 5.92 Å². The summed E-state index contributed by atoms with van der Waals surface area (Å²) >= 11 is 0. The maximum atomic E-state index is 11.8. The molecule has 3 heteroatoms. The molecule has 0 amide bonds. The molecule has 3 nitrogen and oxygen atoms in total. The van der Waals surface area contributed by atoms with E-state index in [0.717, 1.165) is 12.0 Å². The SMILES string of the molecule is CNCCOC(=O)C(C)c1ccc(CC(C)C)cc1. The molecule has 0 saturated heterocycles. The summed E-state index contributed by atoms with van der Waals surface area (Å²) in [5.74, 6) is 0.284. The van der Waals surface area contributed by atoms with Gasteiger partial charge in [-0.2, -0.15) is 0 Å². The van der Waals surface area contributed by atoms with Gasteiger partial charge >= 0.3 is 5.97 Å². The summed E-state index contributed by atoms with van der Waals surface area (Å²) in [7, 11) is 1.84.